The summed E-state index contributed by atoms with van der Waals surface area (Å²) in [4.78, 5) is 29.0. The minimum Gasteiger partial charge on any atom is -0.341 e. The van der Waals surface area contributed by atoms with Crippen LogP contribution in [0.25, 0.3) is 0 Å². The zero-order valence-corrected chi connectivity index (χ0v) is 17.4. The number of anilines is 1. The monoisotopic (exact) mass is 415 g/mol. The summed E-state index contributed by atoms with van der Waals surface area (Å²) in [5.74, 6) is 2.24. The topological polar surface area (TPSA) is 52.7 Å². The van der Waals surface area contributed by atoms with Gasteiger partial charge in [0, 0.05) is 36.8 Å². The summed E-state index contributed by atoms with van der Waals surface area (Å²) >= 11 is 3.57. The number of carbonyl (C=O) groups excluding carboxylic acids is 2. The SMILES string of the molecule is O=C(Cc1ccc(NC(=O)N2CCCC2c2ccsc2)cc1)N1CCSCC1. The second kappa shape index (κ2) is 9.01. The van der Waals surface area contributed by atoms with Gasteiger partial charge in [-0.2, -0.15) is 23.1 Å². The second-order valence-corrected chi connectivity index (χ2v) is 9.21. The molecule has 4 rings (SSSR count). The largest absolute Gasteiger partial charge is 0.341 e. The van der Waals surface area contributed by atoms with E-state index in [-0.39, 0.29) is 18.0 Å². The predicted octanol–water partition coefficient (Wildman–Crippen LogP) is 4.24. The number of nitrogens with zero attached hydrogens (tertiary/aromatic N) is 2. The van der Waals surface area contributed by atoms with Gasteiger partial charge in [0.05, 0.1) is 12.5 Å². The van der Waals surface area contributed by atoms with E-state index in [0.717, 1.165) is 55.2 Å². The number of nitrogens with one attached hydrogen (secondary N) is 1. The maximum Gasteiger partial charge on any atom is 0.322 e. The van der Waals surface area contributed by atoms with Crippen LogP contribution in [-0.4, -0.2) is 52.9 Å². The molecule has 2 aliphatic rings. The van der Waals surface area contributed by atoms with Gasteiger partial charge in [0.25, 0.3) is 0 Å². The van der Waals surface area contributed by atoms with Crippen LogP contribution in [0.15, 0.2) is 41.1 Å². The third-order valence-electron chi connectivity index (χ3n) is 5.37. The van der Waals surface area contributed by atoms with Gasteiger partial charge in [-0.15, -0.1) is 0 Å². The van der Waals surface area contributed by atoms with Gasteiger partial charge in [-0.05, 0) is 52.9 Å². The van der Waals surface area contributed by atoms with Gasteiger partial charge in [0.2, 0.25) is 5.91 Å². The van der Waals surface area contributed by atoms with E-state index >= 15 is 0 Å². The van der Waals surface area contributed by atoms with E-state index in [1.807, 2.05) is 45.8 Å². The average Bonchev–Trinajstić information content (AvgIpc) is 3.41. The Balaban J connectivity index is 1.33. The molecule has 2 aliphatic heterocycles. The summed E-state index contributed by atoms with van der Waals surface area (Å²) in [5, 5.41) is 7.20. The maximum absolute atomic E-state index is 12.7. The van der Waals surface area contributed by atoms with Crippen LogP contribution in [0.1, 0.15) is 30.0 Å². The molecule has 2 aromatic rings. The molecule has 5 nitrogen and oxygen atoms in total. The molecule has 0 spiro atoms. The average molecular weight is 416 g/mol. The fourth-order valence-corrected chi connectivity index (χ4v) is 5.43. The lowest BCUT2D eigenvalue weighted by Gasteiger charge is -2.26. The van der Waals surface area contributed by atoms with Gasteiger partial charge < -0.3 is 15.1 Å². The number of amides is 3. The van der Waals surface area contributed by atoms with Gasteiger partial charge in [0.1, 0.15) is 0 Å². The number of carbonyl (C=O) groups is 2. The summed E-state index contributed by atoms with van der Waals surface area (Å²) in [5.41, 5.74) is 2.98. The van der Waals surface area contributed by atoms with Crippen molar-refractivity contribution in [3.8, 4) is 0 Å². The first-order valence-corrected chi connectivity index (χ1v) is 11.8. The maximum atomic E-state index is 12.7. The molecule has 7 heteroatoms. The zero-order chi connectivity index (χ0) is 19.3. The molecular formula is C21H25N3O2S2. The molecule has 1 unspecified atom stereocenters. The van der Waals surface area contributed by atoms with Crippen molar-refractivity contribution in [2.24, 2.45) is 0 Å². The molecule has 28 heavy (non-hydrogen) atoms. The molecule has 0 aliphatic carbocycles. The van der Waals surface area contributed by atoms with E-state index < -0.39 is 0 Å². The Kier molecular flexibility index (Phi) is 6.22. The van der Waals surface area contributed by atoms with E-state index in [1.54, 1.807) is 11.3 Å². The number of benzene rings is 1. The van der Waals surface area contributed by atoms with Gasteiger partial charge in [-0.1, -0.05) is 12.1 Å². The highest BCUT2D eigenvalue weighted by Crippen LogP contribution is 2.33. The summed E-state index contributed by atoms with van der Waals surface area (Å²) < 4.78 is 0. The molecule has 0 bridgehead atoms. The fraction of sp³-hybridized carbons (Fsp3) is 0.429. The number of hydrogen-bond acceptors (Lipinski definition) is 4. The first-order valence-electron chi connectivity index (χ1n) is 9.75. The molecule has 0 saturated carbocycles. The molecule has 1 aromatic carbocycles. The molecule has 2 fully saturated rings. The molecular weight excluding hydrogens is 390 g/mol. The number of likely N-dealkylation sites (tertiary alicyclic amines) is 1. The van der Waals surface area contributed by atoms with Crippen LogP contribution in [0, 0.1) is 0 Å². The Bertz CT molecular complexity index is 802. The Labute approximate surface area is 174 Å². The van der Waals surface area contributed by atoms with Gasteiger partial charge in [-0.3, -0.25) is 4.79 Å². The molecule has 0 radical (unpaired) electrons. The lowest BCUT2D eigenvalue weighted by molar-refractivity contribution is -0.130. The second-order valence-electron chi connectivity index (χ2n) is 7.21. The molecule has 148 valence electrons. The molecule has 1 N–H and O–H groups in total. The highest BCUT2D eigenvalue weighted by Gasteiger charge is 2.30. The fourth-order valence-electron chi connectivity index (χ4n) is 3.82. The van der Waals surface area contributed by atoms with Crippen LogP contribution in [-0.2, 0) is 11.2 Å². The van der Waals surface area contributed by atoms with Gasteiger partial charge >= 0.3 is 6.03 Å². The third-order valence-corrected chi connectivity index (χ3v) is 7.01. The third kappa shape index (κ3) is 4.52. The Hall–Kier alpha value is -1.99. The number of urea groups is 1. The van der Waals surface area contributed by atoms with Crippen molar-refractivity contribution in [2.75, 3.05) is 36.5 Å². The number of rotatable bonds is 4. The van der Waals surface area contributed by atoms with Gasteiger partial charge in [-0.25, -0.2) is 4.79 Å². The van der Waals surface area contributed by atoms with Crippen LogP contribution >= 0.6 is 23.1 Å². The summed E-state index contributed by atoms with van der Waals surface area (Å²) in [6, 6.07) is 9.88. The number of hydrogen-bond donors (Lipinski definition) is 1. The minimum absolute atomic E-state index is 0.0525. The molecule has 2 saturated heterocycles. The van der Waals surface area contributed by atoms with Crippen LogP contribution in [0.4, 0.5) is 10.5 Å². The van der Waals surface area contributed by atoms with Crippen molar-refractivity contribution in [3.63, 3.8) is 0 Å². The van der Waals surface area contributed by atoms with Crippen molar-refractivity contribution in [1.82, 2.24) is 9.80 Å². The van der Waals surface area contributed by atoms with Crippen molar-refractivity contribution in [1.29, 1.82) is 0 Å². The summed E-state index contributed by atoms with van der Waals surface area (Å²) in [6.07, 6.45) is 2.47. The van der Waals surface area contributed by atoms with E-state index in [0.29, 0.717) is 6.42 Å². The van der Waals surface area contributed by atoms with Crippen molar-refractivity contribution < 1.29 is 9.59 Å². The molecule has 3 amide bonds. The van der Waals surface area contributed by atoms with E-state index in [9.17, 15) is 9.59 Å². The quantitative estimate of drug-likeness (QED) is 0.813. The smallest absolute Gasteiger partial charge is 0.322 e. The van der Waals surface area contributed by atoms with Crippen molar-refractivity contribution in [2.45, 2.75) is 25.3 Å². The highest BCUT2D eigenvalue weighted by molar-refractivity contribution is 7.99. The number of thioether (sulfide) groups is 1. The van der Waals surface area contributed by atoms with Crippen molar-refractivity contribution >= 4 is 40.7 Å². The van der Waals surface area contributed by atoms with E-state index in [4.69, 9.17) is 0 Å². The van der Waals surface area contributed by atoms with Gasteiger partial charge in [0.15, 0.2) is 0 Å². The standard InChI is InChI=1S/C21H25N3O2S2/c25-20(23-9-12-27-13-10-23)14-16-3-5-18(6-4-16)22-21(26)24-8-1-2-19(24)17-7-11-28-15-17/h3-7,11,15,19H,1-2,8-10,12-14H2,(H,22,26). The van der Waals surface area contributed by atoms with E-state index in [1.165, 1.54) is 5.56 Å². The van der Waals surface area contributed by atoms with Crippen LogP contribution in [0.5, 0.6) is 0 Å². The molecule has 1 atom stereocenters. The first-order chi connectivity index (χ1) is 13.7. The lowest BCUT2D eigenvalue weighted by Crippen LogP contribution is -2.38. The van der Waals surface area contributed by atoms with Crippen LogP contribution in [0.3, 0.4) is 0 Å². The minimum atomic E-state index is -0.0525. The zero-order valence-electron chi connectivity index (χ0n) is 15.8. The lowest BCUT2D eigenvalue weighted by atomic mass is 10.1. The predicted molar refractivity (Wildman–Crippen MR) is 116 cm³/mol. The Morgan fingerprint density at radius 3 is 2.57 bits per heavy atom. The van der Waals surface area contributed by atoms with Crippen molar-refractivity contribution in [3.05, 3.63) is 52.2 Å². The van der Waals surface area contributed by atoms with Crippen LogP contribution in [0.2, 0.25) is 0 Å². The normalized spacial score (nSPS) is 19.6. The summed E-state index contributed by atoms with van der Waals surface area (Å²) in [6.45, 7) is 2.48. The Morgan fingerprint density at radius 2 is 1.86 bits per heavy atom. The summed E-state index contributed by atoms with van der Waals surface area (Å²) in [7, 11) is 0. The first kappa shape index (κ1) is 19.3. The number of thiophene rings is 1. The van der Waals surface area contributed by atoms with Crippen LogP contribution < -0.4 is 5.32 Å². The Morgan fingerprint density at radius 1 is 1.07 bits per heavy atom. The molecule has 1 aromatic heterocycles. The van der Waals surface area contributed by atoms with E-state index in [2.05, 4.69) is 22.1 Å². The highest BCUT2D eigenvalue weighted by atomic mass is 32.2. The molecule has 3 heterocycles.